The van der Waals surface area contributed by atoms with Crippen molar-refractivity contribution in [3.63, 3.8) is 0 Å². The quantitative estimate of drug-likeness (QED) is 0.886. The van der Waals surface area contributed by atoms with Crippen LogP contribution in [0.15, 0.2) is 16.8 Å². The van der Waals surface area contributed by atoms with Crippen LogP contribution in [0.2, 0.25) is 0 Å². The second kappa shape index (κ2) is 6.06. The Morgan fingerprint density at radius 3 is 2.79 bits per heavy atom. The first kappa shape index (κ1) is 13.1. The molecule has 2 saturated heterocycles. The van der Waals surface area contributed by atoms with Crippen LogP contribution in [0.25, 0.3) is 0 Å². The van der Waals surface area contributed by atoms with Gasteiger partial charge in [0, 0.05) is 24.2 Å². The molecule has 0 spiro atoms. The Labute approximate surface area is 115 Å². The molecule has 19 heavy (non-hydrogen) atoms. The lowest BCUT2D eigenvalue weighted by Gasteiger charge is -2.48. The molecule has 2 bridgehead atoms. The van der Waals surface area contributed by atoms with Crippen molar-refractivity contribution in [3.05, 3.63) is 18.0 Å². The standard InChI is InChI=1S/C15H25N3O/c1-2-7-16-12-9-13-4-3-5-14(10-12)18(13)11-15-6-8-17-19-15/h6,8,12-14,16H,2-5,7,9-11H2,1H3. The van der Waals surface area contributed by atoms with Crippen molar-refractivity contribution in [2.45, 2.75) is 70.1 Å². The molecule has 4 heteroatoms. The average Bonchev–Trinajstić information content (AvgIpc) is 2.89. The third-order valence-corrected chi connectivity index (χ3v) is 4.64. The van der Waals surface area contributed by atoms with Crippen LogP contribution in [0.1, 0.15) is 51.2 Å². The number of hydrogen-bond acceptors (Lipinski definition) is 4. The summed E-state index contributed by atoms with van der Waals surface area (Å²) in [6, 6.07) is 4.18. The van der Waals surface area contributed by atoms with Gasteiger partial charge >= 0.3 is 0 Å². The lowest BCUT2D eigenvalue weighted by molar-refractivity contribution is 0.0116. The number of rotatable bonds is 5. The maximum atomic E-state index is 5.29. The van der Waals surface area contributed by atoms with Crippen LogP contribution >= 0.6 is 0 Å². The van der Waals surface area contributed by atoms with Gasteiger partial charge in [-0.3, -0.25) is 4.90 Å². The van der Waals surface area contributed by atoms with Crippen LogP contribution in [-0.4, -0.2) is 34.7 Å². The highest BCUT2D eigenvalue weighted by atomic mass is 16.5. The van der Waals surface area contributed by atoms with Crippen molar-refractivity contribution in [1.82, 2.24) is 15.4 Å². The summed E-state index contributed by atoms with van der Waals surface area (Å²) in [5.41, 5.74) is 0. The van der Waals surface area contributed by atoms with Gasteiger partial charge in [0.15, 0.2) is 5.76 Å². The van der Waals surface area contributed by atoms with Gasteiger partial charge < -0.3 is 9.84 Å². The fourth-order valence-corrected chi connectivity index (χ4v) is 3.76. The lowest BCUT2D eigenvalue weighted by atomic mass is 9.81. The highest BCUT2D eigenvalue weighted by molar-refractivity contribution is 5.00. The summed E-state index contributed by atoms with van der Waals surface area (Å²) in [6.07, 6.45) is 9.65. The molecule has 1 aromatic heterocycles. The molecule has 4 nitrogen and oxygen atoms in total. The van der Waals surface area contributed by atoms with Crippen molar-refractivity contribution >= 4 is 0 Å². The fraction of sp³-hybridized carbons (Fsp3) is 0.800. The summed E-state index contributed by atoms with van der Waals surface area (Å²) < 4.78 is 5.29. The van der Waals surface area contributed by atoms with Gasteiger partial charge in [-0.15, -0.1) is 0 Å². The van der Waals surface area contributed by atoms with Gasteiger partial charge in [-0.05, 0) is 38.6 Å². The molecule has 2 atom stereocenters. The third-order valence-electron chi connectivity index (χ3n) is 4.64. The van der Waals surface area contributed by atoms with Crippen LogP contribution in [0.3, 0.4) is 0 Å². The van der Waals surface area contributed by atoms with E-state index >= 15 is 0 Å². The summed E-state index contributed by atoms with van der Waals surface area (Å²) in [5.74, 6) is 1.01. The number of piperidine rings is 2. The maximum Gasteiger partial charge on any atom is 0.150 e. The molecule has 1 N–H and O–H groups in total. The first-order valence-electron chi connectivity index (χ1n) is 7.75. The normalized spacial score (nSPS) is 31.5. The van der Waals surface area contributed by atoms with E-state index in [1.54, 1.807) is 6.20 Å². The van der Waals surface area contributed by atoms with E-state index in [1.807, 2.05) is 6.07 Å². The van der Waals surface area contributed by atoms with Crippen LogP contribution in [0.5, 0.6) is 0 Å². The fourth-order valence-electron chi connectivity index (χ4n) is 3.76. The van der Waals surface area contributed by atoms with Crippen molar-refractivity contribution in [2.75, 3.05) is 6.54 Å². The third kappa shape index (κ3) is 3.00. The topological polar surface area (TPSA) is 41.3 Å². The van der Waals surface area contributed by atoms with Crippen molar-refractivity contribution in [3.8, 4) is 0 Å². The predicted octanol–water partition coefficient (Wildman–Crippen LogP) is 2.56. The molecule has 3 heterocycles. The zero-order valence-corrected chi connectivity index (χ0v) is 11.8. The molecule has 3 rings (SSSR count). The zero-order valence-electron chi connectivity index (χ0n) is 11.8. The average molecular weight is 263 g/mol. The summed E-state index contributed by atoms with van der Waals surface area (Å²) in [6.45, 7) is 4.34. The number of aromatic nitrogens is 1. The van der Waals surface area contributed by atoms with E-state index in [4.69, 9.17) is 4.52 Å². The van der Waals surface area contributed by atoms with E-state index in [-0.39, 0.29) is 0 Å². The minimum Gasteiger partial charge on any atom is -0.360 e. The Balaban J connectivity index is 1.63. The second-order valence-corrected chi connectivity index (χ2v) is 6.01. The molecule has 2 aliphatic rings. The van der Waals surface area contributed by atoms with Crippen LogP contribution in [-0.2, 0) is 6.54 Å². The van der Waals surface area contributed by atoms with E-state index in [9.17, 15) is 0 Å². The number of nitrogens with one attached hydrogen (secondary N) is 1. The minimum absolute atomic E-state index is 0.723. The monoisotopic (exact) mass is 263 g/mol. The summed E-state index contributed by atoms with van der Waals surface area (Å²) in [7, 11) is 0. The van der Waals surface area contributed by atoms with E-state index in [2.05, 4.69) is 22.3 Å². The van der Waals surface area contributed by atoms with E-state index < -0.39 is 0 Å². The molecule has 0 aliphatic carbocycles. The maximum absolute atomic E-state index is 5.29. The van der Waals surface area contributed by atoms with Crippen molar-refractivity contribution < 1.29 is 4.52 Å². The van der Waals surface area contributed by atoms with Gasteiger partial charge in [0.2, 0.25) is 0 Å². The Morgan fingerprint density at radius 2 is 2.16 bits per heavy atom. The van der Waals surface area contributed by atoms with E-state index in [1.165, 1.54) is 38.5 Å². The van der Waals surface area contributed by atoms with Gasteiger partial charge in [-0.2, -0.15) is 0 Å². The Morgan fingerprint density at radius 1 is 1.37 bits per heavy atom. The molecule has 1 aromatic rings. The molecular weight excluding hydrogens is 238 g/mol. The van der Waals surface area contributed by atoms with Gasteiger partial charge in [0.1, 0.15) is 0 Å². The molecule has 106 valence electrons. The number of fused-ring (bicyclic) bond motifs is 2. The first-order valence-corrected chi connectivity index (χ1v) is 7.75. The van der Waals surface area contributed by atoms with Gasteiger partial charge in [-0.1, -0.05) is 18.5 Å². The van der Waals surface area contributed by atoms with Crippen LogP contribution in [0, 0.1) is 0 Å². The molecule has 0 aromatic carbocycles. The smallest absolute Gasteiger partial charge is 0.150 e. The predicted molar refractivity (Wildman–Crippen MR) is 74.8 cm³/mol. The molecule has 0 saturated carbocycles. The Kier molecular flexibility index (Phi) is 4.18. The van der Waals surface area contributed by atoms with Crippen molar-refractivity contribution in [1.29, 1.82) is 0 Å². The zero-order chi connectivity index (χ0) is 13.1. The van der Waals surface area contributed by atoms with E-state index in [0.717, 1.165) is 37.0 Å². The van der Waals surface area contributed by atoms with Gasteiger partial charge in [0.25, 0.3) is 0 Å². The summed E-state index contributed by atoms with van der Waals surface area (Å²) in [4.78, 5) is 2.66. The SMILES string of the molecule is CCCNC1CC2CCCC(C1)N2Cc1ccno1. The van der Waals surface area contributed by atoms with Gasteiger partial charge in [-0.25, -0.2) is 0 Å². The number of nitrogens with zero attached hydrogens (tertiary/aromatic N) is 2. The molecular formula is C15H25N3O. The second-order valence-electron chi connectivity index (χ2n) is 6.01. The van der Waals surface area contributed by atoms with Crippen molar-refractivity contribution in [2.24, 2.45) is 0 Å². The molecule has 2 unspecified atom stereocenters. The highest BCUT2D eigenvalue weighted by Crippen LogP contribution is 2.35. The van der Waals surface area contributed by atoms with Crippen LogP contribution < -0.4 is 5.32 Å². The minimum atomic E-state index is 0.723. The largest absolute Gasteiger partial charge is 0.360 e. The molecule has 2 fully saturated rings. The summed E-state index contributed by atoms with van der Waals surface area (Å²) in [5, 5.41) is 7.54. The molecule has 0 radical (unpaired) electrons. The Bertz CT molecular complexity index is 365. The Hall–Kier alpha value is -0.870. The highest BCUT2D eigenvalue weighted by Gasteiger charge is 2.38. The molecule has 0 amide bonds. The first-order chi connectivity index (χ1) is 9.36. The van der Waals surface area contributed by atoms with E-state index in [0.29, 0.717) is 0 Å². The van der Waals surface area contributed by atoms with Gasteiger partial charge in [0.05, 0.1) is 12.7 Å². The molecule has 2 aliphatic heterocycles. The van der Waals surface area contributed by atoms with Crippen LogP contribution in [0.4, 0.5) is 0 Å². The summed E-state index contributed by atoms with van der Waals surface area (Å²) >= 11 is 0. The lowest BCUT2D eigenvalue weighted by Crippen LogP contribution is -2.55. The number of hydrogen-bond donors (Lipinski definition) is 1.